The van der Waals surface area contributed by atoms with Gasteiger partial charge < -0.3 is 4.98 Å². The summed E-state index contributed by atoms with van der Waals surface area (Å²) >= 11 is 13.1. The quantitative estimate of drug-likeness (QED) is 0.844. The first kappa shape index (κ1) is 14.7. The molecule has 0 atom stereocenters. The third-order valence-electron chi connectivity index (χ3n) is 2.07. The van der Waals surface area contributed by atoms with E-state index in [1.54, 1.807) is 11.8 Å². The molecule has 6 heteroatoms. The second kappa shape index (κ2) is 7.17. The van der Waals surface area contributed by atoms with Crippen molar-refractivity contribution >= 4 is 47.4 Å². The molecule has 0 aliphatic carbocycles. The summed E-state index contributed by atoms with van der Waals surface area (Å²) in [4.78, 5) is 7.00. The fourth-order valence-electron chi connectivity index (χ4n) is 1.29. The maximum absolute atomic E-state index is 5.76. The first-order chi connectivity index (χ1) is 7.75. The monoisotopic (exact) mass is 308 g/mol. The molecule has 92 valence electrons. The Bertz CT molecular complexity index is 439. The SMILES string of the molecule is Cl.Clc1nc(SCCc2ccccc2)[nH]c1Cl. The first-order valence-electron chi connectivity index (χ1n) is 4.83. The Kier molecular flexibility index (Phi) is 6.20. The second-order valence-electron chi connectivity index (χ2n) is 3.23. The molecule has 1 aromatic carbocycles. The van der Waals surface area contributed by atoms with Crippen LogP contribution in [-0.4, -0.2) is 15.7 Å². The van der Waals surface area contributed by atoms with Crippen molar-refractivity contribution in [3.8, 4) is 0 Å². The number of aryl methyl sites for hydroxylation is 1. The van der Waals surface area contributed by atoms with Crippen molar-refractivity contribution in [3.63, 3.8) is 0 Å². The number of halogens is 3. The van der Waals surface area contributed by atoms with E-state index < -0.39 is 0 Å². The lowest BCUT2D eigenvalue weighted by Crippen LogP contribution is -1.88. The van der Waals surface area contributed by atoms with Crippen LogP contribution in [0, 0.1) is 0 Å². The summed E-state index contributed by atoms with van der Waals surface area (Å²) in [6, 6.07) is 10.3. The Balaban J connectivity index is 0.00000144. The Hall–Kier alpha value is -0.350. The summed E-state index contributed by atoms with van der Waals surface area (Å²) in [7, 11) is 0. The van der Waals surface area contributed by atoms with Crippen molar-refractivity contribution in [1.29, 1.82) is 0 Å². The van der Waals surface area contributed by atoms with Gasteiger partial charge in [-0.25, -0.2) is 4.98 Å². The molecule has 2 aromatic rings. The number of hydrogen-bond acceptors (Lipinski definition) is 2. The van der Waals surface area contributed by atoms with Gasteiger partial charge in [-0.15, -0.1) is 12.4 Å². The van der Waals surface area contributed by atoms with Crippen LogP contribution in [0.2, 0.25) is 10.3 Å². The Morgan fingerprint density at radius 2 is 1.88 bits per heavy atom. The molecule has 0 aliphatic heterocycles. The number of rotatable bonds is 4. The van der Waals surface area contributed by atoms with E-state index in [-0.39, 0.29) is 12.4 Å². The number of aromatic amines is 1. The number of imidazole rings is 1. The average molecular weight is 310 g/mol. The Labute approximate surface area is 121 Å². The molecule has 2 rings (SSSR count). The second-order valence-corrected chi connectivity index (χ2v) is 5.05. The number of nitrogens with zero attached hydrogens (tertiary/aromatic N) is 1. The average Bonchev–Trinajstić information content (AvgIpc) is 2.60. The minimum absolute atomic E-state index is 0. The standard InChI is InChI=1S/C11H10Cl2N2S.ClH/c12-9-10(13)15-11(14-9)16-7-6-8-4-2-1-3-5-8;/h1-5H,6-7H2,(H,14,15);1H. The summed E-state index contributed by atoms with van der Waals surface area (Å²) in [6.45, 7) is 0. The molecular formula is C11H11Cl3N2S. The van der Waals surface area contributed by atoms with Crippen molar-refractivity contribution in [2.45, 2.75) is 11.6 Å². The largest absolute Gasteiger partial charge is 0.323 e. The third-order valence-corrected chi connectivity index (χ3v) is 3.59. The molecule has 0 fully saturated rings. The molecule has 0 aliphatic rings. The van der Waals surface area contributed by atoms with E-state index in [0.717, 1.165) is 17.3 Å². The van der Waals surface area contributed by atoms with Crippen molar-refractivity contribution in [1.82, 2.24) is 9.97 Å². The molecule has 17 heavy (non-hydrogen) atoms. The van der Waals surface area contributed by atoms with E-state index in [1.165, 1.54) is 5.56 Å². The van der Waals surface area contributed by atoms with Crippen molar-refractivity contribution in [2.75, 3.05) is 5.75 Å². The molecule has 0 saturated heterocycles. The van der Waals surface area contributed by atoms with Crippen LogP contribution in [0.25, 0.3) is 0 Å². The van der Waals surface area contributed by atoms with Gasteiger partial charge in [-0.05, 0) is 12.0 Å². The van der Waals surface area contributed by atoms with Gasteiger partial charge >= 0.3 is 0 Å². The smallest absolute Gasteiger partial charge is 0.168 e. The number of nitrogens with one attached hydrogen (secondary N) is 1. The van der Waals surface area contributed by atoms with E-state index in [0.29, 0.717) is 10.3 Å². The number of hydrogen-bond donors (Lipinski definition) is 1. The molecule has 0 spiro atoms. The van der Waals surface area contributed by atoms with Crippen LogP contribution in [0.5, 0.6) is 0 Å². The molecule has 2 nitrogen and oxygen atoms in total. The Morgan fingerprint density at radius 1 is 1.18 bits per heavy atom. The number of H-pyrrole nitrogens is 1. The molecule has 1 aromatic heterocycles. The molecule has 0 bridgehead atoms. The molecule has 0 radical (unpaired) electrons. The van der Waals surface area contributed by atoms with Gasteiger partial charge in [-0.2, -0.15) is 0 Å². The van der Waals surface area contributed by atoms with Crippen LogP contribution < -0.4 is 0 Å². The zero-order valence-corrected chi connectivity index (χ0v) is 12.0. The fourth-order valence-corrected chi connectivity index (χ4v) is 2.52. The predicted molar refractivity (Wildman–Crippen MR) is 76.7 cm³/mol. The van der Waals surface area contributed by atoms with Crippen LogP contribution in [0.3, 0.4) is 0 Å². The van der Waals surface area contributed by atoms with Crippen molar-refractivity contribution < 1.29 is 0 Å². The van der Waals surface area contributed by atoms with Crippen LogP contribution in [-0.2, 0) is 6.42 Å². The first-order valence-corrected chi connectivity index (χ1v) is 6.57. The van der Waals surface area contributed by atoms with Crippen LogP contribution in [0.1, 0.15) is 5.56 Å². The number of thioether (sulfide) groups is 1. The highest BCUT2D eigenvalue weighted by Crippen LogP contribution is 2.24. The predicted octanol–water partition coefficient (Wildman–Crippen LogP) is 4.47. The highest BCUT2D eigenvalue weighted by atomic mass is 35.5. The van der Waals surface area contributed by atoms with Gasteiger partial charge in [0, 0.05) is 5.75 Å². The van der Waals surface area contributed by atoms with Gasteiger partial charge in [0.25, 0.3) is 0 Å². The molecule has 0 unspecified atom stereocenters. The summed E-state index contributed by atoms with van der Waals surface area (Å²) in [5, 5.41) is 1.51. The summed E-state index contributed by atoms with van der Waals surface area (Å²) < 4.78 is 0. The summed E-state index contributed by atoms with van der Waals surface area (Å²) in [5.41, 5.74) is 1.32. The lowest BCUT2D eigenvalue weighted by molar-refractivity contribution is 1.05. The molecule has 1 N–H and O–H groups in total. The Morgan fingerprint density at radius 3 is 2.47 bits per heavy atom. The minimum Gasteiger partial charge on any atom is -0.323 e. The number of aromatic nitrogens is 2. The van der Waals surface area contributed by atoms with Crippen LogP contribution in [0.15, 0.2) is 35.5 Å². The van der Waals surface area contributed by atoms with Crippen molar-refractivity contribution in [2.24, 2.45) is 0 Å². The maximum atomic E-state index is 5.76. The van der Waals surface area contributed by atoms with Gasteiger partial charge in [0.2, 0.25) is 0 Å². The third kappa shape index (κ3) is 4.43. The lowest BCUT2D eigenvalue weighted by atomic mass is 10.2. The zero-order chi connectivity index (χ0) is 11.4. The van der Waals surface area contributed by atoms with Crippen LogP contribution >= 0.6 is 47.4 Å². The van der Waals surface area contributed by atoms with E-state index in [9.17, 15) is 0 Å². The molecule has 0 saturated carbocycles. The van der Waals surface area contributed by atoms with Gasteiger partial charge in [0.15, 0.2) is 10.3 Å². The van der Waals surface area contributed by atoms with Gasteiger partial charge in [0.05, 0.1) is 0 Å². The van der Waals surface area contributed by atoms with E-state index >= 15 is 0 Å². The lowest BCUT2D eigenvalue weighted by Gasteiger charge is -1.98. The summed E-state index contributed by atoms with van der Waals surface area (Å²) in [6.07, 6.45) is 1.00. The van der Waals surface area contributed by atoms with Gasteiger partial charge in [0.1, 0.15) is 5.15 Å². The highest BCUT2D eigenvalue weighted by molar-refractivity contribution is 7.99. The number of benzene rings is 1. The molecule has 1 heterocycles. The van der Waals surface area contributed by atoms with Gasteiger partial charge in [-0.3, -0.25) is 0 Å². The van der Waals surface area contributed by atoms with Crippen LogP contribution in [0.4, 0.5) is 0 Å². The van der Waals surface area contributed by atoms with Crippen molar-refractivity contribution in [3.05, 3.63) is 46.2 Å². The minimum atomic E-state index is 0. The van der Waals surface area contributed by atoms with E-state index in [4.69, 9.17) is 23.2 Å². The fraction of sp³-hybridized carbons (Fsp3) is 0.182. The zero-order valence-electron chi connectivity index (χ0n) is 8.82. The van der Waals surface area contributed by atoms with E-state index in [2.05, 4.69) is 22.1 Å². The normalized spacial score (nSPS) is 10.0. The maximum Gasteiger partial charge on any atom is 0.168 e. The van der Waals surface area contributed by atoms with E-state index in [1.807, 2.05) is 18.2 Å². The topological polar surface area (TPSA) is 28.7 Å². The highest BCUT2D eigenvalue weighted by Gasteiger charge is 2.05. The molecular weight excluding hydrogens is 299 g/mol. The van der Waals surface area contributed by atoms with Gasteiger partial charge in [-0.1, -0.05) is 65.3 Å². The molecule has 0 amide bonds. The summed E-state index contributed by atoms with van der Waals surface area (Å²) in [5.74, 6) is 0.949.